The Bertz CT molecular complexity index is 656. The summed E-state index contributed by atoms with van der Waals surface area (Å²) in [5.41, 5.74) is 6.82. The maximum Gasteiger partial charge on any atom is 0.0476 e. The van der Waals surface area contributed by atoms with Gasteiger partial charge in [-0.05, 0) is 66.5 Å². The average Bonchev–Trinajstić information content (AvgIpc) is 2.91. The van der Waals surface area contributed by atoms with Crippen molar-refractivity contribution < 1.29 is 0 Å². The summed E-state index contributed by atoms with van der Waals surface area (Å²) in [5.74, 6) is 0. The minimum absolute atomic E-state index is 0.937. The van der Waals surface area contributed by atoms with Crippen molar-refractivity contribution in [1.82, 2.24) is 0 Å². The van der Waals surface area contributed by atoms with Crippen LogP contribution in [0.5, 0.6) is 0 Å². The lowest BCUT2D eigenvalue weighted by molar-refractivity contribution is 0.618. The van der Waals surface area contributed by atoms with Crippen LogP contribution in [0.15, 0.2) is 36.4 Å². The standard InChI is InChI=1S/C19H20ClN/c20-19-16(8-7-15-3-1-4-18(15)19)13-14-5-9-17(10-6-14)21-11-2-12-21/h5-10H,1-4,11-13H2. The number of hydrogen-bond acceptors (Lipinski definition) is 1. The first-order chi connectivity index (χ1) is 10.3. The minimum atomic E-state index is 0.937. The van der Waals surface area contributed by atoms with E-state index in [-0.39, 0.29) is 0 Å². The Morgan fingerprint density at radius 1 is 0.905 bits per heavy atom. The number of benzene rings is 2. The van der Waals surface area contributed by atoms with Gasteiger partial charge in [0.15, 0.2) is 0 Å². The van der Waals surface area contributed by atoms with Crippen LogP contribution in [0.4, 0.5) is 5.69 Å². The number of anilines is 1. The van der Waals surface area contributed by atoms with Gasteiger partial charge in [0.2, 0.25) is 0 Å². The molecule has 0 radical (unpaired) electrons. The molecule has 0 atom stereocenters. The molecular weight excluding hydrogens is 278 g/mol. The molecule has 0 N–H and O–H groups in total. The van der Waals surface area contributed by atoms with E-state index in [9.17, 15) is 0 Å². The molecule has 2 aromatic rings. The van der Waals surface area contributed by atoms with E-state index in [2.05, 4.69) is 41.3 Å². The second-order valence-electron chi connectivity index (χ2n) is 6.21. The third kappa shape index (κ3) is 2.44. The van der Waals surface area contributed by atoms with Gasteiger partial charge in [-0.15, -0.1) is 0 Å². The van der Waals surface area contributed by atoms with Gasteiger partial charge in [-0.2, -0.15) is 0 Å². The fraction of sp³-hybridized carbons (Fsp3) is 0.368. The van der Waals surface area contributed by atoms with Crippen molar-refractivity contribution in [2.75, 3.05) is 18.0 Å². The van der Waals surface area contributed by atoms with Crippen LogP contribution in [-0.4, -0.2) is 13.1 Å². The Labute approximate surface area is 131 Å². The first-order valence-electron chi connectivity index (χ1n) is 7.94. The lowest BCUT2D eigenvalue weighted by Gasteiger charge is -2.33. The summed E-state index contributed by atoms with van der Waals surface area (Å²) >= 11 is 6.61. The van der Waals surface area contributed by atoms with Gasteiger partial charge < -0.3 is 4.90 Å². The normalized spacial score (nSPS) is 16.7. The first-order valence-corrected chi connectivity index (χ1v) is 8.32. The molecule has 0 unspecified atom stereocenters. The van der Waals surface area contributed by atoms with Crippen LogP contribution < -0.4 is 4.90 Å². The van der Waals surface area contributed by atoms with Gasteiger partial charge in [0.25, 0.3) is 0 Å². The highest BCUT2D eigenvalue weighted by Crippen LogP contribution is 2.33. The molecule has 1 saturated heterocycles. The number of rotatable bonds is 3. The van der Waals surface area contributed by atoms with Gasteiger partial charge in [-0.1, -0.05) is 35.9 Å². The molecule has 1 nitrogen and oxygen atoms in total. The maximum atomic E-state index is 6.61. The third-order valence-corrected chi connectivity index (χ3v) is 5.32. The van der Waals surface area contributed by atoms with Gasteiger partial charge in [-0.3, -0.25) is 0 Å². The van der Waals surface area contributed by atoms with Crippen LogP contribution in [0.1, 0.15) is 35.1 Å². The molecule has 2 aliphatic rings. The minimum Gasteiger partial charge on any atom is -0.371 e. The van der Waals surface area contributed by atoms with Crippen molar-refractivity contribution in [3.05, 3.63) is 63.7 Å². The third-order valence-electron chi connectivity index (χ3n) is 4.85. The molecular formula is C19H20ClN. The lowest BCUT2D eigenvalue weighted by Crippen LogP contribution is -2.36. The molecule has 0 aromatic heterocycles. The highest BCUT2D eigenvalue weighted by molar-refractivity contribution is 6.32. The Hall–Kier alpha value is -1.47. The van der Waals surface area contributed by atoms with Crippen LogP contribution in [-0.2, 0) is 19.3 Å². The topological polar surface area (TPSA) is 3.24 Å². The quantitative estimate of drug-likeness (QED) is 0.798. The van der Waals surface area contributed by atoms with E-state index in [0.717, 1.165) is 17.9 Å². The summed E-state index contributed by atoms with van der Waals surface area (Å²) in [4.78, 5) is 2.42. The first kappa shape index (κ1) is 13.2. The summed E-state index contributed by atoms with van der Waals surface area (Å²) < 4.78 is 0. The Morgan fingerprint density at radius 3 is 2.43 bits per heavy atom. The SMILES string of the molecule is Clc1c(Cc2ccc(N3CCC3)cc2)ccc2c1CCC2. The average molecular weight is 298 g/mol. The van der Waals surface area contributed by atoms with E-state index in [1.807, 2.05) is 0 Å². The summed E-state index contributed by atoms with van der Waals surface area (Å²) in [5, 5.41) is 1.01. The van der Waals surface area contributed by atoms with E-state index < -0.39 is 0 Å². The fourth-order valence-corrected chi connectivity index (χ4v) is 3.77. The summed E-state index contributed by atoms with van der Waals surface area (Å²) in [7, 11) is 0. The van der Waals surface area contributed by atoms with Crippen molar-refractivity contribution >= 4 is 17.3 Å². The van der Waals surface area contributed by atoms with Gasteiger partial charge in [0, 0.05) is 23.8 Å². The van der Waals surface area contributed by atoms with E-state index in [0.29, 0.717) is 0 Å². The van der Waals surface area contributed by atoms with E-state index in [1.165, 1.54) is 60.3 Å². The summed E-state index contributed by atoms with van der Waals surface area (Å²) in [6.45, 7) is 2.41. The highest BCUT2D eigenvalue weighted by atomic mass is 35.5. The molecule has 1 aliphatic carbocycles. The number of fused-ring (bicyclic) bond motifs is 1. The predicted molar refractivity (Wildman–Crippen MR) is 89.6 cm³/mol. The van der Waals surface area contributed by atoms with Crippen LogP contribution in [0, 0.1) is 0 Å². The Morgan fingerprint density at radius 2 is 1.71 bits per heavy atom. The lowest BCUT2D eigenvalue weighted by atomic mass is 10.00. The van der Waals surface area contributed by atoms with Gasteiger partial charge in [0.1, 0.15) is 0 Å². The molecule has 0 spiro atoms. The molecule has 108 valence electrons. The van der Waals surface area contributed by atoms with Crippen molar-refractivity contribution in [3.63, 3.8) is 0 Å². The monoisotopic (exact) mass is 297 g/mol. The Kier molecular flexibility index (Phi) is 3.39. The zero-order valence-electron chi connectivity index (χ0n) is 12.2. The predicted octanol–water partition coefficient (Wildman–Crippen LogP) is 4.63. The maximum absolute atomic E-state index is 6.61. The Balaban J connectivity index is 1.55. The summed E-state index contributed by atoms with van der Waals surface area (Å²) in [6, 6.07) is 13.5. The van der Waals surface area contributed by atoms with Crippen molar-refractivity contribution in [1.29, 1.82) is 0 Å². The number of aryl methyl sites for hydroxylation is 1. The molecule has 0 saturated carbocycles. The molecule has 4 rings (SSSR count). The molecule has 1 aliphatic heterocycles. The zero-order chi connectivity index (χ0) is 14.2. The van der Waals surface area contributed by atoms with E-state index in [1.54, 1.807) is 0 Å². The van der Waals surface area contributed by atoms with Gasteiger partial charge in [0.05, 0.1) is 0 Å². The molecule has 1 heterocycles. The van der Waals surface area contributed by atoms with E-state index in [4.69, 9.17) is 11.6 Å². The largest absolute Gasteiger partial charge is 0.371 e. The van der Waals surface area contributed by atoms with Crippen molar-refractivity contribution in [3.8, 4) is 0 Å². The smallest absolute Gasteiger partial charge is 0.0476 e. The van der Waals surface area contributed by atoms with Crippen LogP contribution in [0.2, 0.25) is 5.02 Å². The van der Waals surface area contributed by atoms with Crippen molar-refractivity contribution in [2.24, 2.45) is 0 Å². The van der Waals surface area contributed by atoms with Crippen molar-refractivity contribution in [2.45, 2.75) is 32.1 Å². The molecule has 21 heavy (non-hydrogen) atoms. The zero-order valence-corrected chi connectivity index (χ0v) is 13.0. The second-order valence-corrected chi connectivity index (χ2v) is 6.59. The molecule has 2 aromatic carbocycles. The molecule has 0 amide bonds. The van der Waals surface area contributed by atoms with Gasteiger partial charge >= 0.3 is 0 Å². The van der Waals surface area contributed by atoms with Crippen LogP contribution in [0.25, 0.3) is 0 Å². The number of hydrogen-bond donors (Lipinski definition) is 0. The highest BCUT2D eigenvalue weighted by Gasteiger charge is 2.17. The number of halogens is 1. The van der Waals surface area contributed by atoms with Crippen LogP contribution in [0.3, 0.4) is 0 Å². The molecule has 0 bridgehead atoms. The number of nitrogens with zero attached hydrogens (tertiary/aromatic N) is 1. The molecule has 1 fully saturated rings. The van der Waals surface area contributed by atoms with Crippen LogP contribution >= 0.6 is 11.6 Å². The van der Waals surface area contributed by atoms with Gasteiger partial charge in [-0.25, -0.2) is 0 Å². The molecule has 2 heteroatoms. The second kappa shape index (κ2) is 5.38. The fourth-order valence-electron chi connectivity index (χ4n) is 3.43. The summed E-state index contributed by atoms with van der Waals surface area (Å²) in [6.07, 6.45) is 5.86. The van der Waals surface area contributed by atoms with E-state index >= 15 is 0 Å².